The molecular weight excluding hydrogens is 296 g/mol. The standard InChI is InChI=1S/C17H24N2O4/c1-23-12-14-6-4-5-13(9-14)10-18-16(21)11-19-8-3-2-7-15(20)17(19)22/h4-6,9,15,20H,2-3,7-8,10-12H2,1H3,(H,18,21). The van der Waals surface area contributed by atoms with Gasteiger partial charge in [-0.05, 0) is 30.4 Å². The van der Waals surface area contributed by atoms with Gasteiger partial charge < -0.3 is 20.1 Å². The molecule has 0 aromatic heterocycles. The Morgan fingerprint density at radius 1 is 1.39 bits per heavy atom. The van der Waals surface area contributed by atoms with Crippen molar-refractivity contribution in [2.24, 2.45) is 0 Å². The zero-order valence-electron chi connectivity index (χ0n) is 13.5. The third-order valence-corrected chi connectivity index (χ3v) is 3.88. The number of carbonyl (C=O) groups excluding carboxylic acids is 2. The molecular formula is C17H24N2O4. The number of amides is 2. The van der Waals surface area contributed by atoms with Gasteiger partial charge in [-0.15, -0.1) is 0 Å². The van der Waals surface area contributed by atoms with Gasteiger partial charge in [0.25, 0.3) is 5.91 Å². The molecule has 0 bridgehead atoms. The number of ether oxygens (including phenoxy) is 1. The molecule has 1 aliphatic rings. The van der Waals surface area contributed by atoms with Crippen LogP contribution in [0.25, 0.3) is 0 Å². The summed E-state index contributed by atoms with van der Waals surface area (Å²) in [6.07, 6.45) is 1.12. The molecule has 2 N–H and O–H groups in total. The Kier molecular flexibility index (Phi) is 6.55. The van der Waals surface area contributed by atoms with E-state index in [2.05, 4.69) is 5.32 Å². The minimum Gasteiger partial charge on any atom is -0.383 e. The predicted molar refractivity (Wildman–Crippen MR) is 85.4 cm³/mol. The van der Waals surface area contributed by atoms with Crippen molar-refractivity contribution in [3.05, 3.63) is 35.4 Å². The van der Waals surface area contributed by atoms with Gasteiger partial charge in [0, 0.05) is 20.2 Å². The zero-order chi connectivity index (χ0) is 16.7. The third kappa shape index (κ3) is 5.33. The number of hydrogen-bond acceptors (Lipinski definition) is 4. The highest BCUT2D eigenvalue weighted by molar-refractivity contribution is 5.87. The second-order valence-corrected chi connectivity index (χ2v) is 5.80. The molecule has 6 heteroatoms. The number of carbonyl (C=O) groups is 2. The van der Waals surface area contributed by atoms with E-state index in [4.69, 9.17) is 4.74 Å². The van der Waals surface area contributed by atoms with Gasteiger partial charge >= 0.3 is 0 Å². The summed E-state index contributed by atoms with van der Waals surface area (Å²) >= 11 is 0. The lowest BCUT2D eigenvalue weighted by Crippen LogP contribution is -2.44. The van der Waals surface area contributed by atoms with Crippen LogP contribution >= 0.6 is 0 Å². The number of likely N-dealkylation sites (tertiary alicyclic amines) is 1. The number of hydrogen-bond donors (Lipinski definition) is 2. The Morgan fingerprint density at radius 2 is 2.17 bits per heavy atom. The van der Waals surface area contributed by atoms with Crippen LogP contribution < -0.4 is 5.32 Å². The minimum atomic E-state index is -0.976. The summed E-state index contributed by atoms with van der Waals surface area (Å²) in [5, 5.41) is 12.5. The van der Waals surface area contributed by atoms with Crippen LogP contribution in [0.4, 0.5) is 0 Å². The maximum absolute atomic E-state index is 12.0. The van der Waals surface area contributed by atoms with Crippen molar-refractivity contribution in [2.75, 3.05) is 20.2 Å². The van der Waals surface area contributed by atoms with Crippen LogP contribution in [0.2, 0.25) is 0 Å². The fourth-order valence-corrected chi connectivity index (χ4v) is 2.67. The Labute approximate surface area is 136 Å². The molecule has 1 saturated heterocycles. The summed E-state index contributed by atoms with van der Waals surface area (Å²) in [4.78, 5) is 25.4. The van der Waals surface area contributed by atoms with Crippen LogP contribution in [0.1, 0.15) is 30.4 Å². The average Bonchev–Trinajstić information content (AvgIpc) is 2.69. The van der Waals surface area contributed by atoms with Gasteiger partial charge in [-0.1, -0.05) is 24.3 Å². The summed E-state index contributed by atoms with van der Waals surface area (Å²) in [6, 6.07) is 7.79. The topological polar surface area (TPSA) is 78.9 Å². The maximum atomic E-state index is 12.0. The zero-order valence-corrected chi connectivity index (χ0v) is 13.5. The number of aliphatic hydroxyl groups excluding tert-OH is 1. The van der Waals surface area contributed by atoms with Crippen molar-refractivity contribution in [1.82, 2.24) is 10.2 Å². The Bertz CT molecular complexity index is 547. The Hall–Kier alpha value is -1.92. The molecule has 0 saturated carbocycles. The normalized spacial score (nSPS) is 18.6. The largest absolute Gasteiger partial charge is 0.383 e. The van der Waals surface area contributed by atoms with Crippen molar-refractivity contribution in [2.45, 2.75) is 38.5 Å². The third-order valence-electron chi connectivity index (χ3n) is 3.88. The number of nitrogens with zero attached hydrogens (tertiary/aromatic N) is 1. The predicted octanol–water partition coefficient (Wildman–Crippen LogP) is 0.823. The molecule has 1 heterocycles. The number of benzene rings is 1. The molecule has 1 unspecified atom stereocenters. The van der Waals surface area contributed by atoms with Gasteiger partial charge in [0.05, 0.1) is 13.2 Å². The number of rotatable bonds is 6. The van der Waals surface area contributed by atoms with Crippen LogP contribution in [0.5, 0.6) is 0 Å². The maximum Gasteiger partial charge on any atom is 0.251 e. The molecule has 0 radical (unpaired) electrons. The molecule has 126 valence electrons. The second kappa shape index (κ2) is 8.64. The first-order valence-electron chi connectivity index (χ1n) is 7.90. The van der Waals surface area contributed by atoms with E-state index < -0.39 is 6.10 Å². The summed E-state index contributed by atoms with van der Waals surface area (Å²) in [5.74, 6) is -0.565. The Balaban J connectivity index is 1.84. The van der Waals surface area contributed by atoms with Crippen LogP contribution in [0.15, 0.2) is 24.3 Å². The van der Waals surface area contributed by atoms with Crippen LogP contribution in [0.3, 0.4) is 0 Å². The number of nitrogens with one attached hydrogen (secondary N) is 1. The summed E-state index contributed by atoms with van der Waals surface area (Å²) < 4.78 is 5.09. The van der Waals surface area contributed by atoms with E-state index in [0.717, 1.165) is 24.0 Å². The van der Waals surface area contributed by atoms with Gasteiger partial charge in [-0.3, -0.25) is 9.59 Å². The fourth-order valence-electron chi connectivity index (χ4n) is 2.67. The van der Waals surface area contributed by atoms with Gasteiger partial charge in [-0.25, -0.2) is 0 Å². The first kappa shape index (κ1) is 17.4. The monoisotopic (exact) mass is 320 g/mol. The molecule has 1 atom stereocenters. The smallest absolute Gasteiger partial charge is 0.251 e. The SMILES string of the molecule is COCc1cccc(CNC(=O)CN2CCCCC(O)C2=O)c1. The average molecular weight is 320 g/mol. The van der Waals surface area contributed by atoms with Crippen molar-refractivity contribution >= 4 is 11.8 Å². The minimum absolute atomic E-state index is 0.00629. The molecule has 1 fully saturated rings. The lowest BCUT2D eigenvalue weighted by atomic mass is 10.1. The van der Waals surface area contributed by atoms with E-state index in [9.17, 15) is 14.7 Å². The van der Waals surface area contributed by atoms with Gasteiger partial charge in [0.1, 0.15) is 6.10 Å². The highest BCUT2D eigenvalue weighted by Crippen LogP contribution is 2.12. The lowest BCUT2D eigenvalue weighted by Gasteiger charge is -2.21. The summed E-state index contributed by atoms with van der Waals surface area (Å²) in [7, 11) is 1.64. The molecule has 2 rings (SSSR count). The molecule has 1 aliphatic heterocycles. The molecule has 0 spiro atoms. The van der Waals surface area contributed by atoms with Crippen LogP contribution in [-0.4, -0.2) is 48.1 Å². The summed E-state index contributed by atoms with van der Waals surface area (Å²) in [5.41, 5.74) is 2.03. The van der Waals surface area contributed by atoms with Crippen molar-refractivity contribution in [3.8, 4) is 0 Å². The molecule has 2 amide bonds. The molecule has 23 heavy (non-hydrogen) atoms. The first-order valence-corrected chi connectivity index (χ1v) is 7.90. The van der Waals surface area contributed by atoms with Crippen molar-refractivity contribution in [3.63, 3.8) is 0 Å². The van der Waals surface area contributed by atoms with E-state index in [-0.39, 0.29) is 18.4 Å². The molecule has 1 aromatic rings. The van der Waals surface area contributed by atoms with Crippen LogP contribution in [-0.2, 0) is 27.5 Å². The number of methoxy groups -OCH3 is 1. The quantitative estimate of drug-likeness (QED) is 0.813. The van der Waals surface area contributed by atoms with E-state index in [1.807, 2.05) is 24.3 Å². The molecule has 6 nitrogen and oxygen atoms in total. The highest BCUT2D eigenvalue weighted by Gasteiger charge is 2.26. The van der Waals surface area contributed by atoms with E-state index in [0.29, 0.717) is 26.1 Å². The summed E-state index contributed by atoms with van der Waals surface area (Å²) in [6.45, 7) is 1.45. The lowest BCUT2D eigenvalue weighted by molar-refractivity contribution is -0.142. The van der Waals surface area contributed by atoms with E-state index in [1.54, 1.807) is 7.11 Å². The van der Waals surface area contributed by atoms with Crippen molar-refractivity contribution in [1.29, 1.82) is 0 Å². The second-order valence-electron chi connectivity index (χ2n) is 5.80. The van der Waals surface area contributed by atoms with E-state index >= 15 is 0 Å². The van der Waals surface area contributed by atoms with Crippen LogP contribution in [0, 0.1) is 0 Å². The Morgan fingerprint density at radius 3 is 2.96 bits per heavy atom. The molecule has 1 aromatic carbocycles. The number of aliphatic hydroxyl groups is 1. The van der Waals surface area contributed by atoms with Crippen molar-refractivity contribution < 1.29 is 19.4 Å². The van der Waals surface area contributed by atoms with E-state index in [1.165, 1.54) is 4.90 Å². The van der Waals surface area contributed by atoms with Gasteiger partial charge in [0.2, 0.25) is 5.91 Å². The highest BCUT2D eigenvalue weighted by atomic mass is 16.5. The fraction of sp³-hybridized carbons (Fsp3) is 0.529. The van der Waals surface area contributed by atoms with Gasteiger partial charge in [-0.2, -0.15) is 0 Å². The van der Waals surface area contributed by atoms with Gasteiger partial charge in [0.15, 0.2) is 0 Å². The first-order chi connectivity index (χ1) is 11.1. The molecule has 0 aliphatic carbocycles.